The first-order chi connectivity index (χ1) is 9.02. The van der Waals surface area contributed by atoms with Gasteiger partial charge in [0.25, 0.3) is 0 Å². The van der Waals surface area contributed by atoms with Crippen LogP contribution < -0.4 is 5.32 Å². The highest BCUT2D eigenvalue weighted by atomic mass is 35.5. The van der Waals surface area contributed by atoms with Crippen molar-refractivity contribution in [3.8, 4) is 10.4 Å². The van der Waals surface area contributed by atoms with Gasteiger partial charge in [0.15, 0.2) is 0 Å². The number of thiophene rings is 1. The molecule has 1 aromatic heterocycles. The number of halogens is 2. The number of nitrogens with one attached hydrogen (secondary N) is 1. The van der Waals surface area contributed by atoms with E-state index in [0.29, 0.717) is 22.5 Å². The largest absolute Gasteiger partial charge is 0.312 e. The molecule has 2 rings (SSSR count). The van der Waals surface area contributed by atoms with Crippen molar-refractivity contribution in [3.05, 3.63) is 46.0 Å². The van der Waals surface area contributed by atoms with E-state index in [1.807, 2.05) is 13.1 Å². The fourth-order valence-electron chi connectivity index (χ4n) is 2.16. The van der Waals surface area contributed by atoms with Crippen molar-refractivity contribution in [2.24, 2.45) is 5.92 Å². The Hall–Kier alpha value is -0.900. The van der Waals surface area contributed by atoms with Gasteiger partial charge in [-0.1, -0.05) is 25.4 Å². The van der Waals surface area contributed by atoms with Crippen molar-refractivity contribution < 1.29 is 4.39 Å². The van der Waals surface area contributed by atoms with Crippen LogP contribution in [0.4, 0.5) is 4.39 Å². The zero-order valence-electron chi connectivity index (χ0n) is 11.2. The van der Waals surface area contributed by atoms with E-state index in [1.165, 1.54) is 10.9 Å². The van der Waals surface area contributed by atoms with Gasteiger partial charge < -0.3 is 5.32 Å². The Morgan fingerprint density at radius 2 is 1.95 bits per heavy atom. The molecule has 1 aromatic carbocycles. The third-order valence-corrected chi connectivity index (χ3v) is 4.54. The van der Waals surface area contributed by atoms with E-state index in [1.54, 1.807) is 23.5 Å². The molecule has 0 aliphatic carbocycles. The second-order valence-corrected chi connectivity index (χ2v) is 6.39. The molecule has 1 unspecified atom stereocenters. The Morgan fingerprint density at radius 1 is 1.21 bits per heavy atom. The van der Waals surface area contributed by atoms with Gasteiger partial charge in [-0.15, -0.1) is 11.3 Å². The third kappa shape index (κ3) is 3.16. The summed E-state index contributed by atoms with van der Waals surface area (Å²) in [5, 5.41) is 3.73. The van der Waals surface area contributed by atoms with E-state index in [2.05, 4.69) is 25.2 Å². The summed E-state index contributed by atoms with van der Waals surface area (Å²) in [6.07, 6.45) is 0. The van der Waals surface area contributed by atoms with Gasteiger partial charge in [-0.2, -0.15) is 0 Å². The van der Waals surface area contributed by atoms with E-state index in [0.717, 1.165) is 4.88 Å². The van der Waals surface area contributed by atoms with Crippen molar-refractivity contribution in [2.75, 3.05) is 7.05 Å². The van der Waals surface area contributed by atoms with Crippen LogP contribution >= 0.6 is 22.9 Å². The maximum atomic E-state index is 13.9. The van der Waals surface area contributed by atoms with Gasteiger partial charge in [0, 0.05) is 26.4 Å². The Morgan fingerprint density at radius 3 is 2.53 bits per heavy atom. The van der Waals surface area contributed by atoms with Gasteiger partial charge in [-0.25, -0.2) is 4.39 Å². The second-order valence-electron chi connectivity index (χ2n) is 4.84. The minimum absolute atomic E-state index is 0.272. The highest BCUT2D eigenvalue weighted by Crippen LogP contribution is 2.35. The topological polar surface area (TPSA) is 12.0 Å². The van der Waals surface area contributed by atoms with E-state index in [9.17, 15) is 4.39 Å². The minimum Gasteiger partial charge on any atom is -0.312 e. The summed E-state index contributed by atoms with van der Waals surface area (Å²) in [5.41, 5.74) is 0.610. The lowest BCUT2D eigenvalue weighted by atomic mass is 10.0. The summed E-state index contributed by atoms with van der Waals surface area (Å²) >= 11 is 7.40. The van der Waals surface area contributed by atoms with E-state index < -0.39 is 0 Å². The molecule has 2 aromatic rings. The molecule has 0 aliphatic rings. The molecule has 19 heavy (non-hydrogen) atoms. The molecule has 1 heterocycles. The highest BCUT2D eigenvalue weighted by molar-refractivity contribution is 7.15. The van der Waals surface area contributed by atoms with E-state index in [4.69, 9.17) is 11.6 Å². The Bertz CT molecular complexity index is 565. The number of hydrogen-bond acceptors (Lipinski definition) is 2. The average Bonchev–Trinajstić information content (AvgIpc) is 2.78. The third-order valence-electron chi connectivity index (χ3n) is 3.11. The maximum absolute atomic E-state index is 13.9. The summed E-state index contributed by atoms with van der Waals surface area (Å²) in [4.78, 5) is 2.16. The van der Waals surface area contributed by atoms with Crippen LogP contribution in [0.3, 0.4) is 0 Å². The van der Waals surface area contributed by atoms with Gasteiger partial charge in [-0.3, -0.25) is 0 Å². The number of rotatable bonds is 4. The van der Waals surface area contributed by atoms with Gasteiger partial charge in [0.1, 0.15) is 5.82 Å². The molecule has 0 amide bonds. The zero-order valence-corrected chi connectivity index (χ0v) is 12.8. The van der Waals surface area contributed by atoms with Crippen LogP contribution in [0.15, 0.2) is 30.3 Å². The molecule has 1 nitrogen and oxygen atoms in total. The second kappa shape index (κ2) is 6.04. The molecule has 0 spiro atoms. The van der Waals surface area contributed by atoms with Crippen molar-refractivity contribution in [3.63, 3.8) is 0 Å². The monoisotopic (exact) mass is 297 g/mol. The summed E-state index contributed by atoms with van der Waals surface area (Å²) in [7, 11) is 1.95. The fraction of sp³-hybridized carbons (Fsp3) is 0.333. The first-order valence-electron chi connectivity index (χ1n) is 6.25. The zero-order chi connectivity index (χ0) is 14.0. The summed E-state index contributed by atoms with van der Waals surface area (Å²) in [5.74, 6) is 0.220. The van der Waals surface area contributed by atoms with Gasteiger partial charge in [0.05, 0.1) is 0 Å². The predicted molar refractivity (Wildman–Crippen MR) is 81.4 cm³/mol. The van der Waals surface area contributed by atoms with Gasteiger partial charge in [-0.05, 0) is 43.3 Å². The van der Waals surface area contributed by atoms with Crippen molar-refractivity contribution in [2.45, 2.75) is 19.9 Å². The summed E-state index contributed by atoms with van der Waals surface area (Å²) < 4.78 is 13.9. The number of benzene rings is 1. The van der Waals surface area contributed by atoms with Crippen LogP contribution in [0.25, 0.3) is 10.4 Å². The molecule has 1 atom stereocenters. The SMILES string of the molecule is CNC(c1ccc(-c2ccc(Cl)cc2F)s1)C(C)C. The Kier molecular flexibility index (Phi) is 4.61. The molecule has 0 bridgehead atoms. The standard InChI is InChI=1S/C15H17ClFNS/c1-9(2)15(18-3)14-7-6-13(19-14)11-5-4-10(16)8-12(11)17/h4-9,15,18H,1-3H3. The van der Waals surface area contributed by atoms with Crippen LogP contribution in [0.5, 0.6) is 0 Å². The van der Waals surface area contributed by atoms with E-state index >= 15 is 0 Å². The van der Waals surface area contributed by atoms with Crippen LogP contribution in [-0.4, -0.2) is 7.05 Å². The van der Waals surface area contributed by atoms with Gasteiger partial charge in [0.2, 0.25) is 0 Å². The lowest BCUT2D eigenvalue weighted by molar-refractivity contribution is 0.449. The summed E-state index contributed by atoms with van der Waals surface area (Å²) in [6.45, 7) is 4.34. The van der Waals surface area contributed by atoms with Crippen LogP contribution in [0.1, 0.15) is 24.8 Å². The lowest BCUT2D eigenvalue weighted by Gasteiger charge is -2.18. The Labute approximate surface area is 122 Å². The predicted octanol–water partition coefficient (Wildman–Crippen LogP) is 5.12. The van der Waals surface area contributed by atoms with Crippen molar-refractivity contribution in [1.82, 2.24) is 5.32 Å². The molecule has 4 heteroatoms. The molecule has 102 valence electrons. The van der Waals surface area contributed by atoms with Crippen LogP contribution in [0, 0.1) is 11.7 Å². The molecular weight excluding hydrogens is 281 g/mol. The molecular formula is C15H17ClFNS. The van der Waals surface area contributed by atoms with Crippen molar-refractivity contribution >= 4 is 22.9 Å². The van der Waals surface area contributed by atoms with Crippen LogP contribution in [0.2, 0.25) is 5.02 Å². The van der Waals surface area contributed by atoms with Gasteiger partial charge >= 0.3 is 0 Å². The first-order valence-corrected chi connectivity index (χ1v) is 7.44. The fourth-order valence-corrected chi connectivity index (χ4v) is 3.64. The Balaban J connectivity index is 2.35. The first kappa shape index (κ1) is 14.5. The summed E-state index contributed by atoms with van der Waals surface area (Å²) in [6, 6.07) is 9.14. The molecule has 0 saturated heterocycles. The van der Waals surface area contributed by atoms with Crippen molar-refractivity contribution in [1.29, 1.82) is 0 Å². The minimum atomic E-state index is -0.272. The molecule has 0 aliphatic heterocycles. The molecule has 0 saturated carbocycles. The average molecular weight is 298 g/mol. The molecule has 0 fully saturated rings. The highest BCUT2D eigenvalue weighted by Gasteiger charge is 2.17. The van der Waals surface area contributed by atoms with Crippen LogP contribution in [-0.2, 0) is 0 Å². The number of hydrogen-bond donors (Lipinski definition) is 1. The maximum Gasteiger partial charge on any atom is 0.133 e. The smallest absolute Gasteiger partial charge is 0.133 e. The normalized spacial score (nSPS) is 12.9. The molecule has 0 radical (unpaired) electrons. The lowest BCUT2D eigenvalue weighted by Crippen LogP contribution is -2.20. The quantitative estimate of drug-likeness (QED) is 0.825. The van der Waals surface area contributed by atoms with E-state index in [-0.39, 0.29) is 5.82 Å². The molecule has 1 N–H and O–H groups in total.